The summed E-state index contributed by atoms with van der Waals surface area (Å²) in [5, 5.41) is 11.8. The number of nitrogens with zero attached hydrogens (tertiary/aromatic N) is 2. The van der Waals surface area contributed by atoms with Crippen LogP contribution in [0, 0.1) is 6.92 Å². The van der Waals surface area contributed by atoms with Gasteiger partial charge in [-0.25, -0.2) is 0 Å². The molecule has 126 valence electrons. The van der Waals surface area contributed by atoms with Crippen LogP contribution in [0.4, 0.5) is 5.69 Å². The largest absolute Gasteiger partial charge is 0.453 e. The predicted octanol–water partition coefficient (Wildman–Crippen LogP) is 1.40. The molecule has 0 bridgehead atoms. The third kappa shape index (κ3) is 3.16. The Morgan fingerprint density at radius 2 is 2.38 bits per heavy atom. The number of furan rings is 1. The molecule has 1 unspecified atom stereocenters. The number of piperidine rings is 1. The molecule has 3 heterocycles. The number of aryl methyl sites for hydroxylation is 1. The van der Waals surface area contributed by atoms with E-state index in [9.17, 15) is 9.59 Å². The fourth-order valence-electron chi connectivity index (χ4n) is 2.85. The first-order chi connectivity index (χ1) is 11.6. The molecule has 2 aromatic heterocycles. The second kappa shape index (κ2) is 6.84. The molecule has 2 aromatic rings. The Hall–Kier alpha value is -2.67. The van der Waals surface area contributed by atoms with Crippen LogP contribution in [0.3, 0.4) is 0 Å². The van der Waals surface area contributed by atoms with Gasteiger partial charge >= 0.3 is 0 Å². The number of amides is 2. The van der Waals surface area contributed by atoms with Crippen LogP contribution in [0.15, 0.2) is 35.0 Å². The number of pyridine rings is 1. The second-order valence-electron chi connectivity index (χ2n) is 5.75. The van der Waals surface area contributed by atoms with Gasteiger partial charge in [0.25, 0.3) is 5.91 Å². The third-order valence-electron chi connectivity index (χ3n) is 4.03. The number of anilines is 1. The number of hydrogen-bond acceptors (Lipinski definition) is 5. The minimum absolute atomic E-state index is 0.130. The first-order valence-electron chi connectivity index (χ1n) is 7.82. The van der Waals surface area contributed by atoms with Crippen LogP contribution in [-0.4, -0.2) is 34.5 Å². The van der Waals surface area contributed by atoms with Gasteiger partial charge in [0.15, 0.2) is 5.76 Å². The number of aliphatic hydroxyl groups is 1. The molecule has 1 saturated heterocycles. The molecule has 1 atom stereocenters. The van der Waals surface area contributed by atoms with E-state index in [1.165, 1.54) is 0 Å². The average molecular weight is 329 g/mol. The fraction of sp³-hybridized carbons (Fsp3) is 0.353. The van der Waals surface area contributed by atoms with Crippen molar-refractivity contribution in [3.05, 3.63) is 47.7 Å². The zero-order valence-corrected chi connectivity index (χ0v) is 13.4. The van der Waals surface area contributed by atoms with Gasteiger partial charge < -0.3 is 19.7 Å². The number of carbonyl (C=O) groups is 2. The molecule has 2 N–H and O–H groups in total. The van der Waals surface area contributed by atoms with Crippen molar-refractivity contribution in [2.75, 3.05) is 11.4 Å². The topological polar surface area (TPSA) is 95.7 Å². The van der Waals surface area contributed by atoms with E-state index in [1.54, 1.807) is 36.4 Å². The predicted molar refractivity (Wildman–Crippen MR) is 86.4 cm³/mol. The van der Waals surface area contributed by atoms with Crippen LogP contribution in [0.2, 0.25) is 0 Å². The Kier molecular flexibility index (Phi) is 4.61. The number of rotatable bonds is 4. The lowest BCUT2D eigenvalue weighted by molar-refractivity contribution is -0.121. The lowest BCUT2D eigenvalue weighted by Crippen LogP contribution is -2.52. The van der Waals surface area contributed by atoms with E-state index < -0.39 is 11.9 Å². The highest BCUT2D eigenvalue weighted by Crippen LogP contribution is 2.21. The smallest absolute Gasteiger partial charge is 0.287 e. The minimum Gasteiger partial charge on any atom is -0.453 e. The van der Waals surface area contributed by atoms with Crippen molar-refractivity contribution in [3.8, 4) is 0 Å². The lowest BCUT2D eigenvalue weighted by atomic mass is 10.0. The molecule has 0 radical (unpaired) electrons. The van der Waals surface area contributed by atoms with Gasteiger partial charge in [-0.2, -0.15) is 0 Å². The summed E-state index contributed by atoms with van der Waals surface area (Å²) in [6.07, 6.45) is 4.64. The molecule has 1 aliphatic heterocycles. The molecule has 7 nitrogen and oxygen atoms in total. The minimum atomic E-state index is -0.603. The second-order valence-corrected chi connectivity index (χ2v) is 5.75. The van der Waals surface area contributed by atoms with Gasteiger partial charge in [-0.15, -0.1) is 0 Å². The highest BCUT2D eigenvalue weighted by atomic mass is 16.4. The zero-order chi connectivity index (χ0) is 17.1. The van der Waals surface area contributed by atoms with Crippen LogP contribution in [0.1, 0.15) is 34.7 Å². The van der Waals surface area contributed by atoms with Crippen molar-refractivity contribution >= 4 is 17.5 Å². The van der Waals surface area contributed by atoms with Gasteiger partial charge in [-0.05, 0) is 38.0 Å². The molecule has 7 heteroatoms. The number of aliphatic hydroxyl groups excluding tert-OH is 1. The fourth-order valence-corrected chi connectivity index (χ4v) is 2.85. The summed E-state index contributed by atoms with van der Waals surface area (Å²) in [7, 11) is 0. The van der Waals surface area contributed by atoms with E-state index in [2.05, 4.69) is 10.3 Å². The van der Waals surface area contributed by atoms with E-state index in [-0.39, 0.29) is 18.3 Å². The molecular formula is C17H19N3O4. The van der Waals surface area contributed by atoms with Crippen LogP contribution in [0.25, 0.3) is 0 Å². The van der Waals surface area contributed by atoms with Crippen LogP contribution in [0.5, 0.6) is 0 Å². The summed E-state index contributed by atoms with van der Waals surface area (Å²) in [5.41, 5.74) is 1.35. The van der Waals surface area contributed by atoms with Crippen molar-refractivity contribution in [1.29, 1.82) is 0 Å². The van der Waals surface area contributed by atoms with Crippen molar-refractivity contribution in [1.82, 2.24) is 10.3 Å². The highest BCUT2D eigenvalue weighted by molar-refractivity contribution is 6.02. The average Bonchev–Trinajstić information content (AvgIpc) is 2.98. The third-order valence-corrected chi connectivity index (χ3v) is 4.03. The van der Waals surface area contributed by atoms with Crippen molar-refractivity contribution < 1.29 is 19.1 Å². The van der Waals surface area contributed by atoms with E-state index in [4.69, 9.17) is 9.52 Å². The molecule has 1 fully saturated rings. The lowest BCUT2D eigenvalue weighted by Gasteiger charge is -2.32. The maximum atomic E-state index is 12.7. The van der Waals surface area contributed by atoms with Gasteiger partial charge in [-0.3, -0.25) is 14.6 Å². The Morgan fingerprint density at radius 1 is 1.54 bits per heavy atom. The SMILES string of the molecule is Cc1cc(CO)oc1C(=O)NC1CCCN(c2cccnc2)C1=O. The van der Waals surface area contributed by atoms with Gasteiger partial charge in [0, 0.05) is 18.3 Å². The molecule has 0 aliphatic carbocycles. The van der Waals surface area contributed by atoms with Crippen molar-refractivity contribution in [2.45, 2.75) is 32.4 Å². The van der Waals surface area contributed by atoms with Gasteiger partial charge in [0.05, 0.1) is 11.9 Å². The first-order valence-corrected chi connectivity index (χ1v) is 7.82. The Labute approximate surface area is 139 Å². The van der Waals surface area contributed by atoms with Crippen LogP contribution < -0.4 is 10.2 Å². The quantitative estimate of drug-likeness (QED) is 0.884. The van der Waals surface area contributed by atoms with Crippen molar-refractivity contribution in [2.24, 2.45) is 0 Å². The number of carbonyl (C=O) groups excluding carboxylic acids is 2. The molecule has 0 saturated carbocycles. The molecule has 2 amide bonds. The highest BCUT2D eigenvalue weighted by Gasteiger charge is 2.32. The molecule has 1 aliphatic rings. The summed E-state index contributed by atoms with van der Waals surface area (Å²) in [4.78, 5) is 30.7. The van der Waals surface area contributed by atoms with E-state index in [0.29, 0.717) is 24.3 Å². The van der Waals surface area contributed by atoms with Gasteiger partial charge in [0.1, 0.15) is 18.4 Å². The molecular weight excluding hydrogens is 310 g/mol. The van der Waals surface area contributed by atoms with E-state index in [1.807, 2.05) is 6.07 Å². The number of aromatic nitrogens is 1. The maximum Gasteiger partial charge on any atom is 0.287 e. The summed E-state index contributed by atoms with van der Waals surface area (Å²) in [6, 6.07) is 4.60. The normalized spacial score (nSPS) is 17.8. The van der Waals surface area contributed by atoms with Crippen LogP contribution in [-0.2, 0) is 11.4 Å². The zero-order valence-electron chi connectivity index (χ0n) is 13.4. The van der Waals surface area contributed by atoms with Crippen molar-refractivity contribution in [3.63, 3.8) is 0 Å². The Balaban J connectivity index is 1.73. The van der Waals surface area contributed by atoms with Gasteiger partial charge in [-0.1, -0.05) is 0 Å². The maximum absolute atomic E-state index is 12.7. The first kappa shape index (κ1) is 16.2. The monoisotopic (exact) mass is 329 g/mol. The summed E-state index contributed by atoms with van der Waals surface area (Å²) in [5.74, 6) is -0.150. The van der Waals surface area contributed by atoms with Crippen LogP contribution >= 0.6 is 0 Å². The Bertz CT molecular complexity index is 742. The van der Waals surface area contributed by atoms with E-state index >= 15 is 0 Å². The summed E-state index contributed by atoms with van der Waals surface area (Å²) in [6.45, 7) is 2.05. The standard InChI is InChI=1S/C17H19N3O4/c1-11-8-13(10-21)24-15(11)16(22)19-14-5-3-7-20(17(14)23)12-4-2-6-18-9-12/h2,4,6,8-9,14,21H,3,5,7,10H2,1H3,(H,19,22). The molecule has 24 heavy (non-hydrogen) atoms. The number of nitrogens with one attached hydrogen (secondary N) is 1. The number of hydrogen-bond donors (Lipinski definition) is 2. The Morgan fingerprint density at radius 3 is 3.04 bits per heavy atom. The molecule has 0 aromatic carbocycles. The molecule has 0 spiro atoms. The summed E-state index contributed by atoms with van der Waals surface area (Å²) >= 11 is 0. The summed E-state index contributed by atoms with van der Waals surface area (Å²) < 4.78 is 5.32. The van der Waals surface area contributed by atoms with Gasteiger partial charge in [0.2, 0.25) is 5.91 Å². The molecule has 3 rings (SSSR count). The van der Waals surface area contributed by atoms with E-state index in [0.717, 1.165) is 12.1 Å².